The Labute approximate surface area is 153 Å². The monoisotopic (exact) mass is 360 g/mol. The number of aromatic nitrogens is 7. The number of nitrogens with zero attached hydrogens (tertiary/aromatic N) is 8. The van der Waals surface area contributed by atoms with Crippen molar-refractivity contribution >= 4 is 27.7 Å². The quantitative estimate of drug-likeness (QED) is 0.482. The van der Waals surface area contributed by atoms with E-state index in [1.165, 1.54) is 6.33 Å². The fraction of sp³-hybridized carbons (Fsp3) is 0.167. The maximum Gasteiger partial charge on any atom is 0.265 e. The first-order chi connectivity index (χ1) is 13.1. The van der Waals surface area contributed by atoms with E-state index in [2.05, 4.69) is 20.2 Å². The lowest BCUT2D eigenvalue weighted by atomic mass is 10.2. The number of hydrogen-bond acceptors (Lipinski definition) is 6. The average Bonchev–Trinajstić information content (AvgIpc) is 3.32. The topological polar surface area (TPSA) is 86.1 Å². The van der Waals surface area contributed by atoms with E-state index in [1.807, 2.05) is 49.3 Å². The fourth-order valence-corrected chi connectivity index (χ4v) is 3.33. The van der Waals surface area contributed by atoms with E-state index in [1.54, 1.807) is 26.2 Å². The van der Waals surface area contributed by atoms with Crippen LogP contribution in [-0.4, -0.2) is 52.9 Å². The minimum absolute atomic E-state index is 0.152. The summed E-state index contributed by atoms with van der Waals surface area (Å²) in [5.41, 5.74) is 2.07. The van der Waals surface area contributed by atoms with Crippen molar-refractivity contribution in [3.8, 4) is 5.69 Å². The summed E-state index contributed by atoms with van der Waals surface area (Å²) in [6.07, 6.45) is 4.76. The molecule has 5 rings (SSSR count). The molecule has 1 aromatic carbocycles. The molecule has 4 heterocycles. The van der Waals surface area contributed by atoms with E-state index >= 15 is 0 Å². The maximum atomic E-state index is 13.1. The number of fused-ring (bicyclic) bond motifs is 5. The number of benzene rings is 1. The van der Waals surface area contributed by atoms with Crippen LogP contribution in [-0.2, 0) is 6.67 Å². The molecule has 5 aromatic rings. The highest BCUT2D eigenvalue weighted by atomic mass is 16.1. The molecule has 0 radical (unpaired) electrons. The lowest BCUT2D eigenvalue weighted by Gasteiger charge is -2.14. The van der Waals surface area contributed by atoms with Gasteiger partial charge in [-0.3, -0.25) is 14.3 Å². The van der Waals surface area contributed by atoms with E-state index < -0.39 is 0 Å². The van der Waals surface area contributed by atoms with Crippen LogP contribution in [0.2, 0.25) is 0 Å². The third-order valence-corrected chi connectivity index (χ3v) is 4.45. The first-order valence-electron chi connectivity index (χ1n) is 8.44. The molecule has 0 fully saturated rings. The van der Waals surface area contributed by atoms with Gasteiger partial charge in [0.15, 0.2) is 5.65 Å². The van der Waals surface area contributed by atoms with E-state index in [4.69, 9.17) is 0 Å². The molecule has 0 spiro atoms. The Balaban J connectivity index is 1.90. The standard InChI is InChI=1S/C18H16N8O/c1-23(2)11-24-17(27)14-8-19-16-13(15(14)26-18(24)20-10-22-26)9-21-25(16)12-6-4-3-5-7-12/h3-10H,11H2,1-2H3. The summed E-state index contributed by atoms with van der Waals surface area (Å²) < 4.78 is 5.02. The van der Waals surface area contributed by atoms with Crippen LogP contribution in [0.1, 0.15) is 0 Å². The molecule has 0 bridgehead atoms. The van der Waals surface area contributed by atoms with Crippen LogP contribution in [0.5, 0.6) is 0 Å². The third kappa shape index (κ3) is 2.25. The van der Waals surface area contributed by atoms with Crippen LogP contribution in [0.4, 0.5) is 0 Å². The Morgan fingerprint density at radius 3 is 2.59 bits per heavy atom. The summed E-state index contributed by atoms with van der Waals surface area (Å²) in [5.74, 6) is 0.487. The second kappa shape index (κ2) is 5.71. The second-order valence-electron chi connectivity index (χ2n) is 6.58. The van der Waals surface area contributed by atoms with Crippen LogP contribution in [0.3, 0.4) is 0 Å². The van der Waals surface area contributed by atoms with Crippen LogP contribution >= 0.6 is 0 Å². The number of para-hydroxylation sites is 1. The molecule has 0 aliphatic heterocycles. The minimum atomic E-state index is -0.152. The van der Waals surface area contributed by atoms with Crippen molar-refractivity contribution in [1.29, 1.82) is 0 Å². The molecule has 0 unspecified atom stereocenters. The predicted molar refractivity (Wildman–Crippen MR) is 101 cm³/mol. The van der Waals surface area contributed by atoms with Crippen molar-refractivity contribution in [2.24, 2.45) is 0 Å². The van der Waals surface area contributed by atoms with Crippen molar-refractivity contribution < 1.29 is 0 Å². The Morgan fingerprint density at radius 2 is 1.81 bits per heavy atom. The highest BCUT2D eigenvalue weighted by Crippen LogP contribution is 2.23. The van der Waals surface area contributed by atoms with Gasteiger partial charge in [0.25, 0.3) is 5.56 Å². The summed E-state index contributed by atoms with van der Waals surface area (Å²) in [4.78, 5) is 23.8. The lowest BCUT2D eigenvalue weighted by molar-refractivity contribution is 0.325. The van der Waals surface area contributed by atoms with Gasteiger partial charge in [0.1, 0.15) is 6.33 Å². The summed E-state index contributed by atoms with van der Waals surface area (Å²) in [7, 11) is 3.80. The molecule has 0 N–H and O–H groups in total. The van der Waals surface area contributed by atoms with Gasteiger partial charge in [-0.05, 0) is 26.2 Å². The zero-order chi connectivity index (χ0) is 18.5. The van der Waals surface area contributed by atoms with Crippen LogP contribution < -0.4 is 5.56 Å². The van der Waals surface area contributed by atoms with Gasteiger partial charge in [0, 0.05) is 6.20 Å². The molecule has 0 saturated carbocycles. The molecule has 0 atom stereocenters. The average molecular weight is 360 g/mol. The fourth-order valence-electron chi connectivity index (χ4n) is 3.33. The molecule has 134 valence electrons. The number of pyridine rings is 1. The first kappa shape index (κ1) is 15.6. The highest BCUT2D eigenvalue weighted by molar-refractivity contribution is 6.02. The Morgan fingerprint density at radius 1 is 1.00 bits per heavy atom. The van der Waals surface area contributed by atoms with Crippen LogP contribution in [0.15, 0.2) is 53.8 Å². The molecule has 9 heteroatoms. The first-order valence-corrected chi connectivity index (χ1v) is 8.44. The van der Waals surface area contributed by atoms with Gasteiger partial charge >= 0.3 is 0 Å². The van der Waals surface area contributed by atoms with Crippen molar-refractivity contribution in [2.75, 3.05) is 14.1 Å². The third-order valence-electron chi connectivity index (χ3n) is 4.45. The summed E-state index contributed by atoms with van der Waals surface area (Å²) in [5, 5.41) is 10.1. The normalized spacial score (nSPS) is 12.0. The minimum Gasteiger partial charge on any atom is -0.292 e. The van der Waals surface area contributed by atoms with Crippen molar-refractivity contribution in [3.63, 3.8) is 0 Å². The van der Waals surface area contributed by atoms with E-state index in [0.29, 0.717) is 29.0 Å². The lowest BCUT2D eigenvalue weighted by Crippen LogP contribution is -2.29. The second-order valence-corrected chi connectivity index (χ2v) is 6.58. The maximum absolute atomic E-state index is 13.1. The van der Waals surface area contributed by atoms with E-state index in [0.717, 1.165) is 11.1 Å². The number of rotatable bonds is 3. The van der Waals surface area contributed by atoms with Gasteiger partial charge in [0.2, 0.25) is 5.78 Å². The van der Waals surface area contributed by atoms with E-state index in [9.17, 15) is 4.79 Å². The zero-order valence-electron chi connectivity index (χ0n) is 14.8. The van der Waals surface area contributed by atoms with Gasteiger partial charge in [-0.15, -0.1) is 0 Å². The summed E-state index contributed by atoms with van der Waals surface area (Å²) >= 11 is 0. The molecule has 0 saturated heterocycles. The Hall–Kier alpha value is -3.59. The van der Waals surface area contributed by atoms with E-state index in [-0.39, 0.29) is 5.56 Å². The molecule has 4 aromatic heterocycles. The molecule has 9 nitrogen and oxygen atoms in total. The zero-order valence-corrected chi connectivity index (χ0v) is 14.8. The predicted octanol–water partition coefficient (Wildman–Crippen LogP) is 1.30. The molecule has 27 heavy (non-hydrogen) atoms. The Kier molecular flexibility index (Phi) is 3.31. The summed E-state index contributed by atoms with van der Waals surface area (Å²) in [6.45, 7) is 0.401. The Bertz CT molecular complexity index is 1350. The van der Waals surface area contributed by atoms with Gasteiger partial charge in [0.05, 0.1) is 34.8 Å². The largest absolute Gasteiger partial charge is 0.292 e. The number of hydrogen-bond donors (Lipinski definition) is 0. The highest BCUT2D eigenvalue weighted by Gasteiger charge is 2.18. The molecule has 0 aliphatic rings. The summed E-state index contributed by atoms with van der Waals surface area (Å²) in [6, 6.07) is 9.75. The van der Waals surface area contributed by atoms with Gasteiger partial charge in [-0.1, -0.05) is 18.2 Å². The smallest absolute Gasteiger partial charge is 0.265 e. The van der Waals surface area contributed by atoms with Crippen molar-refractivity contribution in [2.45, 2.75) is 6.67 Å². The van der Waals surface area contributed by atoms with Crippen LogP contribution in [0.25, 0.3) is 33.4 Å². The van der Waals surface area contributed by atoms with Crippen LogP contribution in [0, 0.1) is 0 Å². The van der Waals surface area contributed by atoms with Crippen molar-refractivity contribution in [3.05, 3.63) is 59.4 Å². The molecule has 0 amide bonds. The molecular formula is C18H16N8O. The van der Waals surface area contributed by atoms with Gasteiger partial charge < -0.3 is 0 Å². The van der Waals surface area contributed by atoms with Crippen molar-refractivity contribution in [1.82, 2.24) is 38.8 Å². The SMILES string of the molecule is CN(C)Cn1c(=O)c2cnc3c(cnn3-c3ccccc3)c2n2ncnc12. The molecule has 0 aliphatic carbocycles. The molecular weight excluding hydrogens is 344 g/mol. The van der Waals surface area contributed by atoms with Gasteiger partial charge in [-0.25, -0.2) is 9.67 Å². The van der Waals surface area contributed by atoms with Gasteiger partial charge in [-0.2, -0.15) is 19.7 Å².